The summed E-state index contributed by atoms with van der Waals surface area (Å²) in [5, 5.41) is 0. The normalized spacial score (nSPS) is 17.5. The molecule has 27 heavy (non-hydrogen) atoms. The first-order chi connectivity index (χ1) is 13.1. The molecule has 0 spiro atoms. The third-order valence-corrected chi connectivity index (χ3v) is 5.26. The Morgan fingerprint density at radius 1 is 1.19 bits per heavy atom. The Morgan fingerprint density at radius 2 is 1.96 bits per heavy atom. The topological polar surface area (TPSA) is 124 Å². The van der Waals surface area contributed by atoms with Crippen LogP contribution in [0.4, 0.5) is 5.95 Å². The van der Waals surface area contributed by atoms with Crippen LogP contribution in [0.2, 0.25) is 0 Å². The highest BCUT2D eigenvalue weighted by Crippen LogP contribution is 2.23. The Hall–Kier alpha value is -2.51. The number of carbonyl (C=O) groups is 2. The van der Waals surface area contributed by atoms with Crippen LogP contribution in [-0.4, -0.2) is 31.1 Å². The maximum atomic E-state index is 12.2. The number of aromatic amines is 1. The molecule has 3 rings (SSSR count). The molecular formula is C19H27N5O3. The number of rotatable bonds is 9. The zero-order valence-corrected chi connectivity index (χ0v) is 15.6. The van der Waals surface area contributed by atoms with Gasteiger partial charge in [0.15, 0.2) is 11.2 Å². The van der Waals surface area contributed by atoms with Crippen molar-refractivity contribution in [3.05, 3.63) is 16.7 Å². The number of nitrogens with zero attached hydrogens (tertiary/aromatic N) is 3. The minimum absolute atomic E-state index is 0.0929. The molecule has 2 heterocycles. The van der Waals surface area contributed by atoms with Gasteiger partial charge in [-0.05, 0) is 25.7 Å². The summed E-state index contributed by atoms with van der Waals surface area (Å²) < 4.78 is 1.85. The molecule has 0 amide bonds. The number of unbranched alkanes of at least 4 members (excludes halogenated alkanes) is 4. The molecule has 0 radical (unpaired) electrons. The van der Waals surface area contributed by atoms with E-state index in [0.717, 1.165) is 57.9 Å². The average molecular weight is 373 g/mol. The molecule has 1 aliphatic rings. The number of nitrogens with two attached hydrogens (primary N) is 1. The number of imidazole rings is 1. The first kappa shape index (κ1) is 19.3. The number of carbonyl (C=O) groups excluding carboxylic acids is 2. The van der Waals surface area contributed by atoms with Gasteiger partial charge in [-0.2, -0.15) is 4.98 Å². The van der Waals surface area contributed by atoms with E-state index in [4.69, 9.17) is 5.73 Å². The van der Waals surface area contributed by atoms with Gasteiger partial charge in [0.2, 0.25) is 5.95 Å². The Kier molecular flexibility index (Phi) is 6.36. The molecule has 3 N–H and O–H groups in total. The first-order valence-electron chi connectivity index (χ1n) is 9.82. The molecule has 1 fully saturated rings. The van der Waals surface area contributed by atoms with Gasteiger partial charge in [0.1, 0.15) is 11.6 Å². The largest absolute Gasteiger partial charge is 0.369 e. The Morgan fingerprint density at radius 3 is 2.78 bits per heavy atom. The summed E-state index contributed by atoms with van der Waals surface area (Å²) in [6.45, 7) is 0.724. The van der Waals surface area contributed by atoms with Gasteiger partial charge >= 0.3 is 0 Å². The zero-order valence-electron chi connectivity index (χ0n) is 15.6. The van der Waals surface area contributed by atoms with Gasteiger partial charge < -0.3 is 10.3 Å². The molecule has 0 bridgehead atoms. The number of nitrogen functional groups attached to an aromatic ring is 1. The number of Topliss-reactive ketones (excluding diaryl/α,β-unsaturated/α-hetero) is 2. The fraction of sp³-hybridized carbons (Fsp3) is 0.632. The van der Waals surface area contributed by atoms with E-state index in [1.807, 2.05) is 4.57 Å². The number of H-pyrrole nitrogens is 1. The lowest BCUT2D eigenvalue weighted by Gasteiger charge is -2.19. The number of nitrogens with one attached hydrogen (secondary N) is 1. The van der Waals surface area contributed by atoms with Crippen LogP contribution < -0.4 is 11.3 Å². The summed E-state index contributed by atoms with van der Waals surface area (Å²) in [6, 6.07) is 0. The molecule has 1 unspecified atom stereocenters. The predicted molar refractivity (Wildman–Crippen MR) is 102 cm³/mol. The van der Waals surface area contributed by atoms with E-state index in [-0.39, 0.29) is 29.0 Å². The summed E-state index contributed by atoms with van der Waals surface area (Å²) in [5.41, 5.74) is 6.09. The second kappa shape index (κ2) is 8.92. The fourth-order valence-electron chi connectivity index (χ4n) is 3.74. The Labute approximate surface area is 157 Å². The van der Waals surface area contributed by atoms with Crippen LogP contribution in [-0.2, 0) is 16.1 Å². The molecular weight excluding hydrogens is 346 g/mol. The molecule has 0 saturated heterocycles. The van der Waals surface area contributed by atoms with E-state index in [0.29, 0.717) is 24.0 Å². The smallest absolute Gasteiger partial charge is 0.280 e. The van der Waals surface area contributed by atoms with Gasteiger partial charge in [-0.25, -0.2) is 4.98 Å². The highest BCUT2D eigenvalue weighted by Gasteiger charge is 2.27. The van der Waals surface area contributed by atoms with Crippen molar-refractivity contribution >= 4 is 28.7 Å². The third-order valence-electron chi connectivity index (χ3n) is 5.26. The van der Waals surface area contributed by atoms with Gasteiger partial charge in [-0.3, -0.25) is 19.4 Å². The van der Waals surface area contributed by atoms with Crippen LogP contribution >= 0.6 is 0 Å². The van der Waals surface area contributed by atoms with E-state index >= 15 is 0 Å². The van der Waals surface area contributed by atoms with Crippen molar-refractivity contribution < 1.29 is 9.59 Å². The zero-order chi connectivity index (χ0) is 19.2. The number of anilines is 1. The molecule has 146 valence electrons. The highest BCUT2D eigenvalue weighted by molar-refractivity contribution is 6.02. The summed E-state index contributed by atoms with van der Waals surface area (Å²) >= 11 is 0. The molecule has 0 aliphatic heterocycles. The van der Waals surface area contributed by atoms with Gasteiger partial charge in [0.25, 0.3) is 5.56 Å². The average Bonchev–Trinajstić information content (AvgIpc) is 3.04. The molecule has 2 aromatic heterocycles. The maximum absolute atomic E-state index is 12.2. The lowest BCUT2D eigenvalue weighted by Crippen LogP contribution is -2.27. The fourth-order valence-corrected chi connectivity index (χ4v) is 3.74. The molecule has 8 nitrogen and oxygen atoms in total. The van der Waals surface area contributed by atoms with Crippen LogP contribution in [0.15, 0.2) is 11.1 Å². The van der Waals surface area contributed by atoms with Gasteiger partial charge in [0, 0.05) is 19.4 Å². The van der Waals surface area contributed by atoms with Crippen molar-refractivity contribution in [3.8, 4) is 0 Å². The monoisotopic (exact) mass is 373 g/mol. The number of aryl methyl sites for hydroxylation is 1. The van der Waals surface area contributed by atoms with E-state index in [1.54, 1.807) is 6.33 Å². The summed E-state index contributed by atoms with van der Waals surface area (Å²) in [6.07, 6.45) is 10.2. The maximum Gasteiger partial charge on any atom is 0.280 e. The molecule has 1 aliphatic carbocycles. The summed E-state index contributed by atoms with van der Waals surface area (Å²) in [7, 11) is 0. The quantitative estimate of drug-likeness (QED) is 0.514. The first-order valence-corrected chi connectivity index (χ1v) is 9.82. The number of ketones is 2. The van der Waals surface area contributed by atoms with Crippen LogP contribution in [0.3, 0.4) is 0 Å². The van der Waals surface area contributed by atoms with Crippen LogP contribution in [0.1, 0.15) is 64.2 Å². The van der Waals surface area contributed by atoms with Crippen LogP contribution in [0, 0.1) is 5.92 Å². The SMILES string of the molecule is Nc1nc2c(ncn2CCCCCCCC(=O)C2CCCCC2=O)c(=O)[nH]1. The molecule has 1 atom stereocenters. The van der Waals surface area contributed by atoms with Crippen molar-refractivity contribution in [2.75, 3.05) is 5.73 Å². The van der Waals surface area contributed by atoms with Crippen molar-refractivity contribution in [1.29, 1.82) is 0 Å². The van der Waals surface area contributed by atoms with Gasteiger partial charge in [0.05, 0.1) is 12.2 Å². The van der Waals surface area contributed by atoms with Crippen LogP contribution in [0.25, 0.3) is 11.2 Å². The van der Waals surface area contributed by atoms with Crippen molar-refractivity contribution in [2.45, 2.75) is 70.8 Å². The lowest BCUT2D eigenvalue weighted by molar-refractivity contribution is -0.134. The number of hydrogen-bond acceptors (Lipinski definition) is 6. The standard InChI is InChI=1S/C19H27N5O3/c20-19-22-17-16(18(27)23-19)21-12-24(17)11-7-3-1-2-4-9-14(25)13-8-5-6-10-15(13)26/h12-13H,1-11H2,(H3,20,22,23,27). The van der Waals surface area contributed by atoms with E-state index in [9.17, 15) is 14.4 Å². The minimum atomic E-state index is -0.323. The van der Waals surface area contributed by atoms with Crippen molar-refractivity contribution in [3.63, 3.8) is 0 Å². The van der Waals surface area contributed by atoms with Gasteiger partial charge in [-0.1, -0.05) is 25.7 Å². The summed E-state index contributed by atoms with van der Waals surface area (Å²) in [4.78, 5) is 46.4. The molecule has 2 aromatic rings. The highest BCUT2D eigenvalue weighted by atomic mass is 16.2. The molecule has 8 heteroatoms. The van der Waals surface area contributed by atoms with Crippen molar-refractivity contribution in [2.24, 2.45) is 5.92 Å². The second-order valence-electron chi connectivity index (χ2n) is 7.31. The van der Waals surface area contributed by atoms with Crippen LogP contribution in [0.5, 0.6) is 0 Å². The third kappa shape index (κ3) is 4.81. The van der Waals surface area contributed by atoms with Crippen molar-refractivity contribution in [1.82, 2.24) is 19.5 Å². The number of hydrogen-bond donors (Lipinski definition) is 2. The number of aromatic nitrogens is 4. The predicted octanol–water partition coefficient (Wildman–Crippen LogP) is 2.37. The van der Waals surface area contributed by atoms with E-state index in [2.05, 4.69) is 15.0 Å². The molecule has 0 aromatic carbocycles. The van der Waals surface area contributed by atoms with E-state index in [1.165, 1.54) is 0 Å². The van der Waals surface area contributed by atoms with Gasteiger partial charge in [-0.15, -0.1) is 0 Å². The Bertz CT molecular complexity index is 870. The Balaban J connectivity index is 1.35. The number of fused-ring (bicyclic) bond motifs is 1. The minimum Gasteiger partial charge on any atom is -0.369 e. The summed E-state index contributed by atoms with van der Waals surface area (Å²) in [5.74, 6) is 0.0529. The lowest BCUT2D eigenvalue weighted by atomic mass is 9.83. The van der Waals surface area contributed by atoms with E-state index < -0.39 is 0 Å². The molecule has 1 saturated carbocycles. The second-order valence-corrected chi connectivity index (χ2v) is 7.31.